The van der Waals surface area contributed by atoms with Crippen LogP contribution in [0, 0.1) is 0 Å². The molecule has 4 heteroatoms. The lowest BCUT2D eigenvalue weighted by Gasteiger charge is -2.10. The quantitative estimate of drug-likeness (QED) is 0.705. The predicted octanol–water partition coefficient (Wildman–Crippen LogP) is 4.31. The Morgan fingerprint density at radius 3 is 2.05 bits per heavy atom. The van der Waals surface area contributed by atoms with Gasteiger partial charge in [0.25, 0.3) is 0 Å². The zero-order valence-corrected chi connectivity index (χ0v) is 12.9. The molecule has 0 spiro atoms. The van der Waals surface area contributed by atoms with Gasteiger partial charge in [0.05, 0.1) is 11.1 Å². The largest absolute Gasteiger partial charge is 0.494 e. The Hall–Kier alpha value is -1.68. The van der Waals surface area contributed by atoms with Gasteiger partial charge in [0.2, 0.25) is 0 Å². The van der Waals surface area contributed by atoms with Crippen molar-refractivity contribution in [1.82, 2.24) is 0 Å². The van der Waals surface area contributed by atoms with Crippen molar-refractivity contribution in [2.75, 3.05) is 19.8 Å². The molecule has 0 N–H and O–H groups in total. The van der Waals surface area contributed by atoms with Crippen molar-refractivity contribution in [3.05, 3.63) is 53.0 Å². The van der Waals surface area contributed by atoms with Crippen LogP contribution in [0.4, 0.5) is 0 Å². The van der Waals surface area contributed by atoms with Gasteiger partial charge >= 0.3 is 0 Å². The van der Waals surface area contributed by atoms with Crippen molar-refractivity contribution in [2.45, 2.75) is 6.92 Å². The van der Waals surface area contributed by atoms with E-state index in [2.05, 4.69) is 15.9 Å². The van der Waals surface area contributed by atoms with Gasteiger partial charge in [-0.25, -0.2) is 0 Å². The summed E-state index contributed by atoms with van der Waals surface area (Å²) in [6.45, 7) is 3.62. The van der Waals surface area contributed by atoms with Gasteiger partial charge < -0.3 is 14.2 Å². The van der Waals surface area contributed by atoms with Gasteiger partial charge in [-0.15, -0.1) is 0 Å². The van der Waals surface area contributed by atoms with E-state index in [1.54, 1.807) is 0 Å². The van der Waals surface area contributed by atoms with Crippen molar-refractivity contribution in [3.63, 3.8) is 0 Å². The van der Waals surface area contributed by atoms with Gasteiger partial charge in [-0.05, 0) is 59.3 Å². The number of rotatable bonds is 7. The lowest BCUT2D eigenvalue weighted by atomic mass is 10.3. The molecule has 0 saturated carbocycles. The number of hydrogen-bond acceptors (Lipinski definition) is 3. The minimum atomic E-state index is 0.495. The van der Waals surface area contributed by atoms with Crippen LogP contribution in [0.1, 0.15) is 6.92 Å². The predicted molar refractivity (Wildman–Crippen MR) is 82.7 cm³/mol. The lowest BCUT2D eigenvalue weighted by Crippen LogP contribution is -2.09. The highest BCUT2D eigenvalue weighted by atomic mass is 79.9. The minimum Gasteiger partial charge on any atom is -0.494 e. The van der Waals surface area contributed by atoms with Gasteiger partial charge in [-0.2, -0.15) is 0 Å². The summed E-state index contributed by atoms with van der Waals surface area (Å²) >= 11 is 3.44. The maximum Gasteiger partial charge on any atom is 0.133 e. The first-order chi connectivity index (χ1) is 9.79. The molecule has 0 bridgehead atoms. The molecule has 0 aliphatic carbocycles. The smallest absolute Gasteiger partial charge is 0.133 e. The van der Waals surface area contributed by atoms with Crippen molar-refractivity contribution in [2.24, 2.45) is 0 Å². The third kappa shape index (κ3) is 4.46. The normalized spacial score (nSPS) is 10.1. The summed E-state index contributed by atoms with van der Waals surface area (Å²) in [5, 5.41) is 0. The third-order valence-electron chi connectivity index (χ3n) is 2.58. The van der Waals surface area contributed by atoms with Gasteiger partial charge in [0.15, 0.2) is 0 Å². The molecule has 0 heterocycles. The Labute approximate surface area is 127 Å². The Kier molecular flexibility index (Phi) is 5.74. The highest BCUT2D eigenvalue weighted by molar-refractivity contribution is 9.10. The molecule has 0 unspecified atom stereocenters. The Balaban J connectivity index is 1.74. The second-order valence-electron chi connectivity index (χ2n) is 4.03. The van der Waals surface area contributed by atoms with Crippen LogP contribution in [0.25, 0.3) is 0 Å². The summed E-state index contributed by atoms with van der Waals surface area (Å²) in [4.78, 5) is 0. The van der Waals surface area contributed by atoms with E-state index in [0.717, 1.165) is 21.7 Å². The topological polar surface area (TPSA) is 27.7 Å². The summed E-state index contributed by atoms with van der Waals surface area (Å²) in [5.41, 5.74) is 0. The molecule has 2 rings (SSSR count). The van der Waals surface area contributed by atoms with Crippen LogP contribution >= 0.6 is 15.9 Å². The van der Waals surface area contributed by atoms with E-state index in [-0.39, 0.29) is 0 Å². The van der Waals surface area contributed by atoms with E-state index in [1.807, 2.05) is 55.5 Å². The SMILES string of the molecule is CCOc1ccc(OCCOc2ccccc2Br)cc1. The van der Waals surface area contributed by atoms with Gasteiger partial charge in [-0.1, -0.05) is 12.1 Å². The molecule has 2 aromatic carbocycles. The number of benzene rings is 2. The summed E-state index contributed by atoms with van der Waals surface area (Å²) < 4.78 is 17.5. The molecule has 0 amide bonds. The molecule has 0 fully saturated rings. The van der Waals surface area contributed by atoms with Gasteiger partial charge in [0.1, 0.15) is 30.5 Å². The van der Waals surface area contributed by atoms with Crippen molar-refractivity contribution >= 4 is 15.9 Å². The second kappa shape index (κ2) is 7.80. The van der Waals surface area contributed by atoms with Crippen LogP contribution in [-0.4, -0.2) is 19.8 Å². The molecule has 0 aliphatic heterocycles. The summed E-state index contributed by atoms with van der Waals surface area (Å²) in [6.07, 6.45) is 0. The number of para-hydroxylation sites is 1. The minimum absolute atomic E-state index is 0.495. The molecule has 106 valence electrons. The Bertz CT molecular complexity index is 526. The molecule has 0 radical (unpaired) electrons. The zero-order chi connectivity index (χ0) is 14.2. The monoisotopic (exact) mass is 336 g/mol. The molecule has 0 aliphatic rings. The Morgan fingerprint density at radius 1 is 0.800 bits per heavy atom. The summed E-state index contributed by atoms with van der Waals surface area (Å²) in [7, 11) is 0. The summed E-state index contributed by atoms with van der Waals surface area (Å²) in [6, 6.07) is 15.3. The fraction of sp³-hybridized carbons (Fsp3) is 0.250. The van der Waals surface area contributed by atoms with E-state index in [4.69, 9.17) is 14.2 Å². The number of hydrogen-bond donors (Lipinski definition) is 0. The van der Waals surface area contributed by atoms with Crippen LogP contribution < -0.4 is 14.2 Å². The van der Waals surface area contributed by atoms with E-state index in [9.17, 15) is 0 Å². The van der Waals surface area contributed by atoms with Gasteiger partial charge in [0, 0.05) is 0 Å². The maximum atomic E-state index is 5.62. The first kappa shape index (κ1) is 14.7. The average Bonchev–Trinajstić information content (AvgIpc) is 2.47. The second-order valence-corrected chi connectivity index (χ2v) is 4.89. The fourth-order valence-corrected chi connectivity index (χ4v) is 2.07. The van der Waals surface area contributed by atoms with E-state index >= 15 is 0 Å². The standard InChI is InChI=1S/C16H17BrO3/c1-2-18-13-7-9-14(10-8-13)19-11-12-20-16-6-4-3-5-15(16)17/h3-10H,2,11-12H2,1H3. The zero-order valence-electron chi connectivity index (χ0n) is 11.3. The molecular formula is C16H17BrO3. The van der Waals surface area contributed by atoms with Crippen LogP contribution in [0.15, 0.2) is 53.0 Å². The van der Waals surface area contributed by atoms with E-state index in [1.165, 1.54) is 0 Å². The number of halogens is 1. The van der Waals surface area contributed by atoms with Crippen molar-refractivity contribution in [3.8, 4) is 17.2 Å². The molecule has 20 heavy (non-hydrogen) atoms. The first-order valence-corrected chi connectivity index (χ1v) is 7.32. The number of ether oxygens (including phenoxy) is 3. The van der Waals surface area contributed by atoms with Crippen molar-refractivity contribution in [1.29, 1.82) is 0 Å². The van der Waals surface area contributed by atoms with Crippen molar-refractivity contribution < 1.29 is 14.2 Å². The molecule has 0 atom stereocenters. The molecule has 0 saturated heterocycles. The summed E-state index contributed by atoms with van der Waals surface area (Å²) in [5.74, 6) is 2.48. The molecular weight excluding hydrogens is 320 g/mol. The maximum absolute atomic E-state index is 5.62. The highest BCUT2D eigenvalue weighted by Gasteiger charge is 2.00. The lowest BCUT2D eigenvalue weighted by molar-refractivity contribution is 0.216. The third-order valence-corrected chi connectivity index (χ3v) is 3.24. The highest BCUT2D eigenvalue weighted by Crippen LogP contribution is 2.23. The van der Waals surface area contributed by atoms with E-state index in [0.29, 0.717) is 19.8 Å². The van der Waals surface area contributed by atoms with Crippen LogP contribution in [0.2, 0.25) is 0 Å². The van der Waals surface area contributed by atoms with E-state index < -0.39 is 0 Å². The van der Waals surface area contributed by atoms with Crippen LogP contribution in [-0.2, 0) is 0 Å². The van der Waals surface area contributed by atoms with Gasteiger partial charge in [-0.3, -0.25) is 0 Å². The Morgan fingerprint density at radius 2 is 1.40 bits per heavy atom. The molecule has 3 nitrogen and oxygen atoms in total. The van der Waals surface area contributed by atoms with Crippen LogP contribution in [0.5, 0.6) is 17.2 Å². The first-order valence-electron chi connectivity index (χ1n) is 6.52. The average molecular weight is 337 g/mol. The molecule has 0 aromatic heterocycles. The fourth-order valence-electron chi connectivity index (χ4n) is 1.67. The molecule has 2 aromatic rings. The van der Waals surface area contributed by atoms with Crippen LogP contribution in [0.3, 0.4) is 0 Å².